The summed E-state index contributed by atoms with van der Waals surface area (Å²) in [5.74, 6) is 1.24. The van der Waals surface area contributed by atoms with Crippen LogP contribution in [0, 0.1) is 0 Å². The molecular weight excluding hydrogens is 140 g/mol. The summed E-state index contributed by atoms with van der Waals surface area (Å²) in [6.07, 6.45) is 3.53. The van der Waals surface area contributed by atoms with E-state index in [1.807, 2.05) is 6.92 Å². The second-order valence-corrected chi connectivity index (χ2v) is 2.88. The fraction of sp³-hybridized carbons (Fsp3) is 0.500. The Hall–Kier alpha value is -1.12. The first-order chi connectivity index (χ1) is 5.29. The molecule has 0 aliphatic carbocycles. The fourth-order valence-corrected chi connectivity index (χ4v) is 1.28. The highest BCUT2D eigenvalue weighted by molar-refractivity contribution is 5.31. The molecule has 2 unspecified atom stereocenters. The molecule has 2 heterocycles. The molecule has 0 bridgehead atoms. The van der Waals surface area contributed by atoms with Gasteiger partial charge in [0.15, 0.2) is 5.75 Å². The van der Waals surface area contributed by atoms with Gasteiger partial charge in [-0.2, -0.15) is 0 Å². The standard InChI is InChI=1S/C8H10N2O/c1-5-6(2)11-7-3-9-4-10-8(5)7/h3-6H,1-2H3. The molecule has 0 radical (unpaired) electrons. The smallest absolute Gasteiger partial charge is 0.159 e. The number of aromatic nitrogens is 2. The minimum absolute atomic E-state index is 0.238. The van der Waals surface area contributed by atoms with Crippen LogP contribution >= 0.6 is 0 Å². The highest BCUT2D eigenvalue weighted by atomic mass is 16.5. The molecule has 1 aromatic rings. The Morgan fingerprint density at radius 3 is 3.00 bits per heavy atom. The van der Waals surface area contributed by atoms with Gasteiger partial charge in [-0.25, -0.2) is 9.97 Å². The van der Waals surface area contributed by atoms with Crippen molar-refractivity contribution < 1.29 is 4.74 Å². The normalized spacial score (nSPS) is 27.8. The molecule has 0 saturated heterocycles. The summed E-state index contributed by atoms with van der Waals surface area (Å²) in [6.45, 7) is 4.16. The molecule has 0 spiro atoms. The van der Waals surface area contributed by atoms with Crippen molar-refractivity contribution in [3.05, 3.63) is 18.2 Å². The fourth-order valence-electron chi connectivity index (χ4n) is 1.28. The summed E-state index contributed by atoms with van der Waals surface area (Å²) < 4.78 is 5.49. The van der Waals surface area contributed by atoms with E-state index in [0.717, 1.165) is 11.4 Å². The first-order valence-electron chi connectivity index (χ1n) is 3.75. The monoisotopic (exact) mass is 150 g/mol. The van der Waals surface area contributed by atoms with Crippen molar-refractivity contribution in [1.82, 2.24) is 9.97 Å². The van der Waals surface area contributed by atoms with E-state index >= 15 is 0 Å². The van der Waals surface area contributed by atoms with Gasteiger partial charge in [0.25, 0.3) is 0 Å². The van der Waals surface area contributed by atoms with E-state index in [9.17, 15) is 0 Å². The van der Waals surface area contributed by atoms with Gasteiger partial charge < -0.3 is 4.74 Å². The van der Waals surface area contributed by atoms with Crippen molar-refractivity contribution in [2.75, 3.05) is 0 Å². The van der Waals surface area contributed by atoms with Crippen molar-refractivity contribution in [3.8, 4) is 5.75 Å². The maximum absolute atomic E-state index is 5.49. The molecule has 0 saturated carbocycles. The van der Waals surface area contributed by atoms with Gasteiger partial charge in [-0.3, -0.25) is 0 Å². The van der Waals surface area contributed by atoms with E-state index in [4.69, 9.17) is 4.74 Å². The molecule has 0 amide bonds. The van der Waals surface area contributed by atoms with E-state index in [1.165, 1.54) is 0 Å². The van der Waals surface area contributed by atoms with Gasteiger partial charge in [0, 0.05) is 5.92 Å². The first-order valence-corrected chi connectivity index (χ1v) is 3.75. The van der Waals surface area contributed by atoms with E-state index in [0.29, 0.717) is 5.92 Å². The number of ether oxygens (including phenoxy) is 1. The Bertz CT molecular complexity index is 275. The Morgan fingerprint density at radius 1 is 1.45 bits per heavy atom. The van der Waals surface area contributed by atoms with Gasteiger partial charge >= 0.3 is 0 Å². The van der Waals surface area contributed by atoms with Gasteiger partial charge in [0.2, 0.25) is 0 Å². The lowest BCUT2D eigenvalue weighted by molar-refractivity contribution is 0.232. The van der Waals surface area contributed by atoms with Gasteiger partial charge in [0.1, 0.15) is 12.4 Å². The summed E-state index contributed by atoms with van der Waals surface area (Å²) in [6, 6.07) is 0. The van der Waals surface area contributed by atoms with Crippen LogP contribution in [0.1, 0.15) is 25.5 Å². The van der Waals surface area contributed by atoms with Crippen molar-refractivity contribution in [2.24, 2.45) is 0 Å². The zero-order chi connectivity index (χ0) is 7.84. The van der Waals surface area contributed by atoms with Crippen LogP contribution in [-0.4, -0.2) is 16.1 Å². The predicted molar refractivity (Wildman–Crippen MR) is 40.5 cm³/mol. The Labute approximate surface area is 65.4 Å². The van der Waals surface area contributed by atoms with Crippen molar-refractivity contribution in [3.63, 3.8) is 0 Å². The van der Waals surface area contributed by atoms with Crippen LogP contribution in [0.4, 0.5) is 0 Å². The number of hydrogen-bond acceptors (Lipinski definition) is 3. The highest BCUT2D eigenvalue weighted by Gasteiger charge is 2.28. The Morgan fingerprint density at radius 2 is 2.27 bits per heavy atom. The van der Waals surface area contributed by atoms with Crippen LogP contribution in [0.5, 0.6) is 5.75 Å². The van der Waals surface area contributed by atoms with Crippen LogP contribution in [0.15, 0.2) is 12.5 Å². The summed E-state index contributed by atoms with van der Waals surface area (Å²) in [7, 11) is 0. The van der Waals surface area contributed by atoms with Gasteiger partial charge in [0.05, 0.1) is 11.9 Å². The third kappa shape index (κ3) is 0.878. The van der Waals surface area contributed by atoms with Crippen LogP contribution < -0.4 is 4.74 Å². The molecule has 3 heteroatoms. The highest BCUT2D eigenvalue weighted by Crippen LogP contribution is 2.34. The number of fused-ring (bicyclic) bond motifs is 1. The van der Waals surface area contributed by atoms with Crippen LogP contribution in [0.25, 0.3) is 0 Å². The van der Waals surface area contributed by atoms with E-state index < -0.39 is 0 Å². The van der Waals surface area contributed by atoms with Crippen LogP contribution in [0.3, 0.4) is 0 Å². The second-order valence-electron chi connectivity index (χ2n) is 2.88. The third-order valence-electron chi connectivity index (χ3n) is 2.16. The minimum Gasteiger partial charge on any atom is -0.486 e. The summed E-state index contributed by atoms with van der Waals surface area (Å²) in [4.78, 5) is 8.04. The van der Waals surface area contributed by atoms with Crippen LogP contribution in [0.2, 0.25) is 0 Å². The van der Waals surface area contributed by atoms with Crippen LogP contribution in [-0.2, 0) is 0 Å². The molecule has 1 aliphatic rings. The van der Waals surface area contributed by atoms with Gasteiger partial charge in [-0.15, -0.1) is 0 Å². The second kappa shape index (κ2) is 2.19. The lowest BCUT2D eigenvalue weighted by Gasteiger charge is -2.06. The molecular formula is C8H10N2O. The largest absolute Gasteiger partial charge is 0.486 e. The summed E-state index contributed by atoms with van der Waals surface area (Å²) in [5, 5.41) is 0. The summed E-state index contributed by atoms with van der Waals surface area (Å²) in [5.41, 5.74) is 1.03. The molecule has 1 aromatic heterocycles. The average Bonchev–Trinajstić information content (AvgIpc) is 2.30. The molecule has 2 rings (SSSR count). The van der Waals surface area contributed by atoms with E-state index in [1.54, 1.807) is 12.5 Å². The molecule has 0 N–H and O–H groups in total. The molecule has 11 heavy (non-hydrogen) atoms. The topological polar surface area (TPSA) is 35.0 Å². The average molecular weight is 150 g/mol. The Kier molecular flexibility index (Phi) is 1.31. The maximum atomic E-state index is 5.49. The lowest BCUT2D eigenvalue weighted by Crippen LogP contribution is -2.10. The first kappa shape index (κ1) is 6.58. The molecule has 3 nitrogen and oxygen atoms in total. The van der Waals surface area contributed by atoms with Crippen molar-refractivity contribution in [1.29, 1.82) is 0 Å². The third-order valence-corrected chi connectivity index (χ3v) is 2.16. The zero-order valence-electron chi connectivity index (χ0n) is 6.61. The van der Waals surface area contributed by atoms with Crippen molar-refractivity contribution in [2.45, 2.75) is 25.9 Å². The minimum atomic E-state index is 0.238. The van der Waals surface area contributed by atoms with E-state index in [2.05, 4.69) is 16.9 Å². The number of hydrogen-bond donors (Lipinski definition) is 0. The summed E-state index contributed by atoms with van der Waals surface area (Å²) >= 11 is 0. The maximum Gasteiger partial charge on any atom is 0.159 e. The quantitative estimate of drug-likeness (QED) is 0.560. The lowest BCUT2D eigenvalue weighted by atomic mass is 10.1. The molecule has 2 atom stereocenters. The number of rotatable bonds is 0. The van der Waals surface area contributed by atoms with Gasteiger partial charge in [-0.05, 0) is 6.92 Å². The Balaban J connectivity index is 2.47. The molecule has 58 valence electrons. The van der Waals surface area contributed by atoms with Crippen molar-refractivity contribution >= 4 is 0 Å². The molecule has 1 aliphatic heterocycles. The van der Waals surface area contributed by atoms with Gasteiger partial charge in [-0.1, -0.05) is 6.92 Å². The SMILES string of the molecule is CC1Oc2cncnc2C1C. The predicted octanol–water partition coefficient (Wildman–Crippen LogP) is 1.36. The van der Waals surface area contributed by atoms with E-state index in [-0.39, 0.29) is 6.10 Å². The molecule has 0 fully saturated rings. The zero-order valence-corrected chi connectivity index (χ0v) is 6.61. The molecule has 0 aromatic carbocycles. The number of nitrogens with zero attached hydrogens (tertiary/aromatic N) is 2.